The summed E-state index contributed by atoms with van der Waals surface area (Å²) in [6, 6.07) is 0. The predicted molar refractivity (Wildman–Crippen MR) is 71.2 cm³/mol. The normalized spacial score (nSPS) is 10.1. The quantitative estimate of drug-likeness (QED) is 0.690. The van der Waals surface area contributed by atoms with Gasteiger partial charge in [-0.05, 0) is 12.2 Å². The molecule has 0 bridgehead atoms. The second-order valence-electron chi connectivity index (χ2n) is 3.39. The first kappa shape index (κ1) is 15.8. The molecule has 0 saturated heterocycles. The molecule has 0 aliphatic carbocycles. The molecule has 1 heterocycles. The summed E-state index contributed by atoms with van der Waals surface area (Å²) in [6.45, 7) is 2.19. The van der Waals surface area contributed by atoms with Gasteiger partial charge in [0.2, 0.25) is 0 Å². The molecule has 6 heteroatoms. The van der Waals surface area contributed by atoms with Crippen LogP contribution >= 0.6 is 24.2 Å². The molecule has 0 aliphatic heterocycles. The average molecular weight is 266 g/mol. The Hall–Kier alpha value is -0.230. The number of hydrogen-bond donors (Lipinski definition) is 2. The maximum atomic E-state index is 8.58. The van der Waals surface area contributed by atoms with Crippen LogP contribution in [0.4, 0.5) is 0 Å². The van der Waals surface area contributed by atoms with Crippen LogP contribution in [0.15, 0.2) is 12.4 Å². The summed E-state index contributed by atoms with van der Waals surface area (Å²) < 4.78 is 1.81. The van der Waals surface area contributed by atoms with E-state index < -0.39 is 0 Å². The van der Waals surface area contributed by atoms with Crippen molar-refractivity contribution in [1.82, 2.24) is 15.1 Å². The smallest absolute Gasteiger partial charge is 0.0534 e. The predicted octanol–water partition coefficient (Wildman–Crippen LogP) is 1.05. The summed E-state index contributed by atoms with van der Waals surface area (Å²) in [7, 11) is 1.92. The standard InChI is InChI=1S/C10H19N3OS.ClH/c1-13-9-10(8-12-13)7-11-3-6-15-5-2-4-14;/h8-9,11,14H,2-7H2,1H3;1H. The highest BCUT2D eigenvalue weighted by Crippen LogP contribution is 2.00. The highest BCUT2D eigenvalue weighted by Gasteiger charge is 1.95. The molecule has 4 nitrogen and oxygen atoms in total. The highest BCUT2D eigenvalue weighted by atomic mass is 35.5. The Morgan fingerprint density at radius 3 is 2.94 bits per heavy atom. The van der Waals surface area contributed by atoms with E-state index in [1.54, 1.807) is 0 Å². The SMILES string of the molecule is Cl.Cn1cc(CNCCSCCCO)cn1. The van der Waals surface area contributed by atoms with Gasteiger partial charge in [-0.2, -0.15) is 16.9 Å². The molecule has 0 saturated carbocycles. The Kier molecular flexibility index (Phi) is 9.82. The van der Waals surface area contributed by atoms with E-state index in [0.29, 0.717) is 6.61 Å². The van der Waals surface area contributed by atoms with Gasteiger partial charge in [-0.1, -0.05) is 0 Å². The van der Waals surface area contributed by atoms with E-state index in [1.807, 2.05) is 35.9 Å². The van der Waals surface area contributed by atoms with Crippen molar-refractivity contribution in [1.29, 1.82) is 0 Å². The van der Waals surface area contributed by atoms with Gasteiger partial charge in [0.25, 0.3) is 0 Å². The third-order valence-electron chi connectivity index (χ3n) is 1.96. The summed E-state index contributed by atoms with van der Waals surface area (Å²) in [5, 5.41) is 16.0. The van der Waals surface area contributed by atoms with Crippen molar-refractivity contribution < 1.29 is 5.11 Å². The van der Waals surface area contributed by atoms with E-state index in [0.717, 1.165) is 31.0 Å². The molecule has 1 rings (SSSR count). The summed E-state index contributed by atoms with van der Waals surface area (Å²) >= 11 is 1.87. The lowest BCUT2D eigenvalue weighted by molar-refractivity contribution is 0.296. The Labute approximate surface area is 107 Å². The lowest BCUT2D eigenvalue weighted by Crippen LogP contribution is -2.16. The fourth-order valence-corrected chi connectivity index (χ4v) is 2.03. The minimum Gasteiger partial charge on any atom is -0.396 e. The maximum Gasteiger partial charge on any atom is 0.0534 e. The van der Waals surface area contributed by atoms with Crippen molar-refractivity contribution >= 4 is 24.2 Å². The lowest BCUT2D eigenvalue weighted by Gasteiger charge is -2.02. The zero-order valence-corrected chi connectivity index (χ0v) is 11.2. The minimum absolute atomic E-state index is 0. The number of thioether (sulfide) groups is 1. The van der Waals surface area contributed by atoms with Gasteiger partial charge in [-0.25, -0.2) is 0 Å². The van der Waals surface area contributed by atoms with Gasteiger partial charge >= 0.3 is 0 Å². The van der Waals surface area contributed by atoms with Crippen LogP contribution in [-0.4, -0.2) is 39.5 Å². The van der Waals surface area contributed by atoms with Crippen molar-refractivity contribution in [2.75, 3.05) is 24.7 Å². The number of hydrogen-bond acceptors (Lipinski definition) is 4. The Morgan fingerprint density at radius 1 is 1.50 bits per heavy atom. The van der Waals surface area contributed by atoms with Crippen molar-refractivity contribution in [3.8, 4) is 0 Å². The van der Waals surface area contributed by atoms with Crippen molar-refractivity contribution in [2.24, 2.45) is 7.05 Å². The van der Waals surface area contributed by atoms with E-state index in [2.05, 4.69) is 10.4 Å². The molecule has 2 N–H and O–H groups in total. The van der Waals surface area contributed by atoms with Crippen LogP contribution in [0.25, 0.3) is 0 Å². The molecule has 0 aromatic carbocycles. The van der Waals surface area contributed by atoms with E-state index >= 15 is 0 Å². The van der Waals surface area contributed by atoms with Crippen LogP contribution in [-0.2, 0) is 13.6 Å². The second-order valence-corrected chi connectivity index (χ2v) is 4.61. The zero-order chi connectivity index (χ0) is 10.9. The summed E-state index contributed by atoms with van der Waals surface area (Å²) in [5.74, 6) is 2.14. The van der Waals surface area contributed by atoms with Crippen LogP contribution < -0.4 is 5.32 Å². The molecule has 94 valence electrons. The molecule has 0 radical (unpaired) electrons. The number of rotatable bonds is 8. The van der Waals surface area contributed by atoms with Crippen LogP contribution in [0.1, 0.15) is 12.0 Å². The minimum atomic E-state index is 0. The second kappa shape index (κ2) is 9.96. The van der Waals surface area contributed by atoms with E-state index in [-0.39, 0.29) is 12.4 Å². The molecule has 0 unspecified atom stereocenters. The highest BCUT2D eigenvalue weighted by molar-refractivity contribution is 7.99. The van der Waals surface area contributed by atoms with Crippen molar-refractivity contribution in [3.63, 3.8) is 0 Å². The van der Waals surface area contributed by atoms with Crippen LogP contribution in [0.3, 0.4) is 0 Å². The Balaban J connectivity index is 0.00000225. The van der Waals surface area contributed by atoms with Crippen molar-refractivity contribution in [3.05, 3.63) is 18.0 Å². The lowest BCUT2D eigenvalue weighted by atomic mass is 10.3. The average Bonchev–Trinajstić information content (AvgIpc) is 2.63. The molecular formula is C10H20ClN3OS. The molecule has 0 aliphatic rings. The summed E-state index contributed by atoms with van der Waals surface area (Å²) in [5.41, 5.74) is 1.22. The van der Waals surface area contributed by atoms with Crippen molar-refractivity contribution in [2.45, 2.75) is 13.0 Å². The summed E-state index contributed by atoms with van der Waals surface area (Å²) in [4.78, 5) is 0. The number of halogens is 1. The van der Waals surface area contributed by atoms with Gasteiger partial charge in [0.1, 0.15) is 0 Å². The van der Waals surface area contributed by atoms with Gasteiger partial charge in [-0.15, -0.1) is 12.4 Å². The monoisotopic (exact) mass is 265 g/mol. The van der Waals surface area contributed by atoms with Gasteiger partial charge in [0.05, 0.1) is 6.20 Å². The molecule has 1 aromatic heterocycles. The number of aliphatic hydroxyl groups is 1. The topological polar surface area (TPSA) is 50.1 Å². The van der Waals surface area contributed by atoms with Crippen LogP contribution in [0.2, 0.25) is 0 Å². The molecule has 0 amide bonds. The van der Waals surface area contributed by atoms with E-state index in [1.165, 1.54) is 5.56 Å². The first-order valence-electron chi connectivity index (χ1n) is 5.20. The zero-order valence-electron chi connectivity index (χ0n) is 9.56. The largest absolute Gasteiger partial charge is 0.396 e. The third kappa shape index (κ3) is 7.11. The molecule has 0 atom stereocenters. The molecule has 0 spiro atoms. The van der Waals surface area contributed by atoms with Crippen LogP contribution in [0.5, 0.6) is 0 Å². The van der Waals surface area contributed by atoms with Gasteiger partial charge in [0.15, 0.2) is 0 Å². The fraction of sp³-hybridized carbons (Fsp3) is 0.700. The molecule has 0 fully saturated rings. The fourth-order valence-electron chi connectivity index (χ4n) is 1.21. The molecule has 16 heavy (non-hydrogen) atoms. The molecular weight excluding hydrogens is 246 g/mol. The first-order chi connectivity index (χ1) is 7.33. The number of aliphatic hydroxyl groups excluding tert-OH is 1. The number of nitrogens with one attached hydrogen (secondary N) is 1. The first-order valence-corrected chi connectivity index (χ1v) is 6.35. The number of nitrogens with zero attached hydrogens (tertiary/aromatic N) is 2. The van der Waals surface area contributed by atoms with Gasteiger partial charge in [-0.3, -0.25) is 4.68 Å². The summed E-state index contributed by atoms with van der Waals surface area (Å²) in [6.07, 6.45) is 4.80. The van der Waals surface area contributed by atoms with Crippen LogP contribution in [0, 0.1) is 0 Å². The third-order valence-corrected chi connectivity index (χ3v) is 3.03. The number of aryl methyl sites for hydroxylation is 1. The van der Waals surface area contributed by atoms with Gasteiger partial charge < -0.3 is 10.4 Å². The Morgan fingerprint density at radius 2 is 2.31 bits per heavy atom. The molecule has 1 aromatic rings. The van der Waals surface area contributed by atoms with E-state index in [9.17, 15) is 0 Å². The number of aromatic nitrogens is 2. The maximum absolute atomic E-state index is 8.58. The van der Waals surface area contributed by atoms with E-state index in [4.69, 9.17) is 5.11 Å². The van der Waals surface area contributed by atoms with Gasteiger partial charge in [0, 0.05) is 44.3 Å². The Bertz CT molecular complexity index is 270.